The maximum absolute atomic E-state index is 12.9. The van der Waals surface area contributed by atoms with Crippen molar-refractivity contribution in [2.45, 2.75) is 26.4 Å². The highest BCUT2D eigenvalue weighted by atomic mass is 16.5. The van der Waals surface area contributed by atoms with Crippen molar-refractivity contribution in [2.75, 3.05) is 39.8 Å². The van der Waals surface area contributed by atoms with Gasteiger partial charge in [0.15, 0.2) is 0 Å². The Morgan fingerprint density at radius 1 is 1.22 bits per heavy atom. The average Bonchev–Trinajstić information content (AvgIpc) is 3.19. The van der Waals surface area contributed by atoms with Crippen LogP contribution in [0.2, 0.25) is 0 Å². The monoisotopic (exact) mass is 430 g/mol. The Morgan fingerprint density at radius 3 is 2.72 bits per heavy atom. The van der Waals surface area contributed by atoms with Crippen molar-refractivity contribution in [1.29, 1.82) is 0 Å². The Hall–Kier alpha value is -3.23. The van der Waals surface area contributed by atoms with Crippen LogP contribution in [0.25, 0.3) is 5.76 Å². The smallest absolute Gasteiger partial charge is 0.227 e. The molecule has 0 spiro atoms. The Bertz CT molecular complexity index is 1080. The van der Waals surface area contributed by atoms with Crippen molar-refractivity contribution in [2.24, 2.45) is 0 Å². The van der Waals surface area contributed by atoms with E-state index >= 15 is 0 Å². The first kappa shape index (κ1) is 22.0. The van der Waals surface area contributed by atoms with Crippen LogP contribution in [-0.2, 0) is 29.0 Å². The summed E-state index contributed by atoms with van der Waals surface area (Å²) >= 11 is 0. The summed E-state index contributed by atoms with van der Waals surface area (Å²) in [6.45, 7) is 10.9. The Labute approximate surface area is 190 Å². The largest absolute Gasteiger partial charge is 0.495 e. The molecule has 0 unspecified atom stereocenters. The van der Waals surface area contributed by atoms with Crippen molar-refractivity contribution < 1.29 is 14.3 Å². The van der Waals surface area contributed by atoms with Gasteiger partial charge in [-0.2, -0.15) is 0 Å². The molecule has 1 fully saturated rings. The fourth-order valence-electron chi connectivity index (χ4n) is 4.42. The number of hydrogen-bond donors (Lipinski definition) is 0. The first-order valence-electron chi connectivity index (χ1n) is 11.1. The van der Waals surface area contributed by atoms with E-state index in [1.807, 2.05) is 24.0 Å². The van der Waals surface area contributed by atoms with E-state index in [-0.39, 0.29) is 5.91 Å². The number of rotatable bonds is 6. The van der Waals surface area contributed by atoms with Gasteiger partial charge in [0.25, 0.3) is 0 Å². The number of terminal acetylenes is 1. The van der Waals surface area contributed by atoms with E-state index in [1.165, 1.54) is 11.1 Å². The highest BCUT2D eigenvalue weighted by molar-refractivity contribution is 5.79. The standard InChI is InChI=1S/C27H30N2O3/c1-5-22-14-19(2)23(16-26(22)31-4)17-27(30)29-12-10-28(11-13-29)9-8-21-6-7-25-20(3)32-18-24(25)15-21/h1,6-7,14-16H,3,8-13,17-18H2,2,4H3. The second-order valence-electron chi connectivity index (χ2n) is 8.48. The van der Waals surface area contributed by atoms with Crippen LogP contribution in [0.3, 0.4) is 0 Å². The summed E-state index contributed by atoms with van der Waals surface area (Å²) in [7, 11) is 1.60. The van der Waals surface area contributed by atoms with E-state index in [0.29, 0.717) is 18.8 Å². The summed E-state index contributed by atoms with van der Waals surface area (Å²) in [5, 5.41) is 0. The lowest BCUT2D eigenvalue weighted by atomic mass is 10.0. The second-order valence-corrected chi connectivity index (χ2v) is 8.48. The zero-order valence-electron chi connectivity index (χ0n) is 18.9. The molecule has 2 aromatic rings. The molecule has 5 nitrogen and oxygen atoms in total. The lowest BCUT2D eigenvalue weighted by Gasteiger charge is -2.35. The van der Waals surface area contributed by atoms with Crippen molar-refractivity contribution in [3.63, 3.8) is 0 Å². The van der Waals surface area contributed by atoms with Gasteiger partial charge < -0.3 is 14.4 Å². The maximum Gasteiger partial charge on any atom is 0.227 e. The Morgan fingerprint density at radius 2 is 2.00 bits per heavy atom. The minimum Gasteiger partial charge on any atom is -0.495 e. The minimum atomic E-state index is 0.155. The van der Waals surface area contributed by atoms with Gasteiger partial charge in [0.1, 0.15) is 18.1 Å². The fraction of sp³-hybridized carbons (Fsp3) is 0.370. The van der Waals surface area contributed by atoms with E-state index in [4.69, 9.17) is 15.9 Å². The molecule has 0 N–H and O–H groups in total. The van der Waals surface area contributed by atoms with Crippen molar-refractivity contribution in [3.05, 3.63) is 70.3 Å². The molecule has 0 bridgehead atoms. The highest BCUT2D eigenvalue weighted by Crippen LogP contribution is 2.29. The molecular formula is C27H30N2O3. The Kier molecular flexibility index (Phi) is 6.53. The zero-order chi connectivity index (χ0) is 22.7. The molecule has 2 aliphatic heterocycles. The molecule has 0 aliphatic carbocycles. The van der Waals surface area contributed by atoms with Crippen LogP contribution in [-0.4, -0.2) is 55.5 Å². The van der Waals surface area contributed by atoms with Crippen LogP contribution in [0, 0.1) is 19.3 Å². The molecule has 2 aliphatic rings. The van der Waals surface area contributed by atoms with Crippen molar-refractivity contribution in [3.8, 4) is 18.1 Å². The first-order chi connectivity index (χ1) is 15.5. The third kappa shape index (κ3) is 4.66. The highest BCUT2D eigenvalue weighted by Gasteiger charge is 2.22. The molecule has 5 heteroatoms. The molecule has 1 saturated heterocycles. The summed E-state index contributed by atoms with van der Waals surface area (Å²) in [6.07, 6.45) is 6.91. The predicted molar refractivity (Wildman–Crippen MR) is 126 cm³/mol. The van der Waals surface area contributed by atoms with Crippen LogP contribution < -0.4 is 4.74 Å². The molecule has 0 saturated carbocycles. The van der Waals surface area contributed by atoms with Crippen LogP contribution in [0.5, 0.6) is 5.75 Å². The number of aryl methyl sites for hydroxylation is 1. The van der Waals surface area contributed by atoms with Gasteiger partial charge >= 0.3 is 0 Å². The van der Waals surface area contributed by atoms with Gasteiger partial charge in [0.2, 0.25) is 5.91 Å². The number of carbonyl (C=O) groups excluding carboxylic acids is 1. The average molecular weight is 431 g/mol. The molecule has 4 rings (SSSR count). The van der Waals surface area contributed by atoms with E-state index < -0.39 is 0 Å². The van der Waals surface area contributed by atoms with Crippen LogP contribution >= 0.6 is 0 Å². The fourth-order valence-corrected chi connectivity index (χ4v) is 4.42. The first-order valence-corrected chi connectivity index (χ1v) is 11.1. The molecule has 0 atom stereocenters. The number of amides is 1. The molecule has 166 valence electrons. The van der Waals surface area contributed by atoms with Gasteiger partial charge in [-0.15, -0.1) is 6.42 Å². The number of hydrogen-bond acceptors (Lipinski definition) is 4. The molecule has 2 heterocycles. The molecule has 0 aromatic heterocycles. The van der Waals surface area contributed by atoms with Crippen LogP contribution in [0.4, 0.5) is 0 Å². The number of benzene rings is 2. The van der Waals surface area contributed by atoms with Gasteiger partial charge in [-0.3, -0.25) is 9.69 Å². The summed E-state index contributed by atoms with van der Waals surface area (Å²) in [6, 6.07) is 10.3. The van der Waals surface area contributed by atoms with Gasteiger partial charge in [-0.1, -0.05) is 30.7 Å². The van der Waals surface area contributed by atoms with Gasteiger partial charge in [-0.05, 0) is 42.2 Å². The molecule has 0 radical (unpaired) electrons. The number of fused-ring (bicyclic) bond motifs is 1. The maximum atomic E-state index is 12.9. The van der Waals surface area contributed by atoms with Crippen molar-refractivity contribution in [1.82, 2.24) is 9.80 Å². The van der Waals surface area contributed by atoms with E-state index in [2.05, 4.69) is 35.6 Å². The molecule has 1 amide bonds. The normalized spacial score (nSPS) is 15.8. The lowest BCUT2D eigenvalue weighted by Crippen LogP contribution is -2.49. The SMILES string of the molecule is C#Cc1cc(C)c(CC(=O)N2CCN(CCc3ccc4c(c3)COC4=C)CC2)cc1OC. The molecule has 32 heavy (non-hydrogen) atoms. The summed E-state index contributed by atoms with van der Waals surface area (Å²) in [5.41, 5.74) is 6.38. The van der Waals surface area contributed by atoms with E-state index in [1.54, 1.807) is 7.11 Å². The Balaban J connectivity index is 1.28. The number of ether oxygens (including phenoxy) is 2. The third-order valence-electron chi connectivity index (χ3n) is 6.47. The summed E-state index contributed by atoms with van der Waals surface area (Å²) in [5.74, 6) is 4.21. The number of piperazine rings is 1. The lowest BCUT2D eigenvalue weighted by molar-refractivity contribution is -0.132. The van der Waals surface area contributed by atoms with Crippen LogP contribution in [0.1, 0.15) is 33.4 Å². The molecule has 2 aromatic carbocycles. The van der Waals surface area contributed by atoms with Gasteiger partial charge in [0.05, 0.1) is 19.1 Å². The van der Waals surface area contributed by atoms with E-state index in [0.717, 1.165) is 67.2 Å². The number of nitrogens with zero attached hydrogens (tertiary/aromatic N) is 2. The topological polar surface area (TPSA) is 42.0 Å². The summed E-state index contributed by atoms with van der Waals surface area (Å²) in [4.78, 5) is 17.3. The van der Waals surface area contributed by atoms with Gasteiger partial charge in [0, 0.05) is 43.9 Å². The third-order valence-corrected chi connectivity index (χ3v) is 6.47. The minimum absolute atomic E-state index is 0.155. The second kappa shape index (κ2) is 9.50. The summed E-state index contributed by atoms with van der Waals surface area (Å²) < 4.78 is 10.9. The van der Waals surface area contributed by atoms with Crippen molar-refractivity contribution >= 4 is 11.7 Å². The van der Waals surface area contributed by atoms with Gasteiger partial charge in [-0.25, -0.2) is 0 Å². The molecular weight excluding hydrogens is 400 g/mol. The van der Waals surface area contributed by atoms with Crippen LogP contribution in [0.15, 0.2) is 36.9 Å². The van der Waals surface area contributed by atoms with E-state index in [9.17, 15) is 4.79 Å². The number of carbonyl (C=O) groups is 1. The number of methoxy groups -OCH3 is 1. The predicted octanol–water partition coefficient (Wildman–Crippen LogP) is 3.42. The quantitative estimate of drug-likeness (QED) is 0.659. The zero-order valence-corrected chi connectivity index (χ0v) is 18.9.